The van der Waals surface area contributed by atoms with Crippen molar-refractivity contribution in [3.05, 3.63) is 15.6 Å². The van der Waals surface area contributed by atoms with E-state index in [0.29, 0.717) is 18.7 Å². The molecule has 1 aliphatic rings. The molecule has 1 fully saturated rings. The van der Waals surface area contributed by atoms with E-state index in [1.807, 2.05) is 0 Å². The maximum Gasteiger partial charge on any atom is 0.0900 e. The molecule has 0 aromatic carbocycles. The Labute approximate surface area is 113 Å². The third-order valence-corrected chi connectivity index (χ3v) is 4.80. The van der Waals surface area contributed by atoms with Gasteiger partial charge in [0.15, 0.2) is 0 Å². The molecular weight excluding hydrogens is 246 g/mol. The summed E-state index contributed by atoms with van der Waals surface area (Å²) in [5.41, 5.74) is 7.07. The molecule has 1 aromatic rings. The molecule has 0 spiro atoms. The van der Waals surface area contributed by atoms with Gasteiger partial charge in [-0.05, 0) is 26.7 Å². The summed E-state index contributed by atoms with van der Waals surface area (Å²) < 4.78 is 5.46. The SMILES string of the molecule is COC1CCN(Cc2sc(C)nc2C)C(CN)C1. The number of aryl methyl sites for hydroxylation is 2. The quantitative estimate of drug-likeness (QED) is 0.904. The molecule has 0 amide bonds. The maximum atomic E-state index is 5.90. The van der Waals surface area contributed by atoms with Crippen molar-refractivity contribution in [2.75, 3.05) is 20.2 Å². The third-order valence-electron chi connectivity index (χ3n) is 3.74. The Morgan fingerprint density at radius 3 is 2.83 bits per heavy atom. The lowest BCUT2D eigenvalue weighted by Gasteiger charge is -2.38. The molecule has 2 atom stereocenters. The molecule has 1 saturated heterocycles. The molecule has 1 aromatic heterocycles. The van der Waals surface area contributed by atoms with Crippen LogP contribution in [0.15, 0.2) is 0 Å². The zero-order chi connectivity index (χ0) is 13.1. The summed E-state index contributed by atoms with van der Waals surface area (Å²) >= 11 is 1.80. The van der Waals surface area contributed by atoms with Crippen LogP contribution in [0, 0.1) is 13.8 Å². The first-order chi connectivity index (χ1) is 8.63. The summed E-state index contributed by atoms with van der Waals surface area (Å²) in [7, 11) is 1.80. The number of methoxy groups -OCH3 is 1. The Morgan fingerprint density at radius 2 is 2.28 bits per heavy atom. The number of nitrogens with two attached hydrogens (primary N) is 1. The molecule has 2 N–H and O–H groups in total. The van der Waals surface area contributed by atoms with Crippen LogP contribution in [0.3, 0.4) is 0 Å². The first-order valence-electron chi connectivity index (χ1n) is 6.53. The van der Waals surface area contributed by atoms with Gasteiger partial charge in [-0.15, -0.1) is 11.3 Å². The van der Waals surface area contributed by atoms with Crippen LogP contribution in [0.4, 0.5) is 0 Å². The normalized spacial score (nSPS) is 25.6. The highest BCUT2D eigenvalue weighted by Crippen LogP contribution is 2.25. The zero-order valence-corrected chi connectivity index (χ0v) is 12.3. The minimum absolute atomic E-state index is 0.374. The molecule has 2 unspecified atom stereocenters. The lowest BCUT2D eigenvalue weighted by atomic mass is 9.99. The number of rotatable bonds is 4. The van der Waals surface area contributed by atoms with E-state index in [0.717, 1.165) is 30.9 Å². The first kappa shape index (κ1) is 13.9. The van der Waals surface area contributed by atoms with Gasteiger partial charge in [-0.3, -0.25) is 4.90 Å². The van der Waals surface area contributed by atoms with E-state index in [-0.39, 0.29) is 0 Å². The average molecular weight is 269 g/mol. The van der Waals surface area contributed by atoms with Gasteiger partial charge >= 0.3 is 0 Å². The summed E-state index contributed by atoms with van der Waals surface area (Å²) in [5.74, 6) is 0. The van der Waals surface area contributed by atoms with Crippen molar-refractivity contribution >= 4 is 11.3 Å². The fraction of sp³-hybridized carbons (Fsp3) is 0.769. The van der Waals surface area contributed by atoms with Gasteiger partial charge in [-0.25, -0.2) is 4.98 Å². The van der Waals surface area contributed by atoms with Crippen LogP contribution >= 0.6 is 11.3 Å². The van der Waals surface area contributed by atoms with Crippen molar-refractivity contribution in [1.29, 1.82) is 0 Å². The lowest BCUT2D eigenvalue weighted by molar-refractivity contribution is 0.0105. The molecule has 102 valence electrons. The van der Waals surface area contributed by atoms with Gasteiger partial charge in [-0.2, -0.15) is 0 Å². The Morgan fingerprint density at radius 1 is 1.50 bits per heavy atom. The van der Waals surface area contributed by atoms with Crippen LogP contribution in [0.25, 0.3) is 0 Å². The molecule has 0 bridgehead atoms. The fourth-order valence-corrected chi connectivity index (χ4v) is 3.60. The largest absolute Gasteiger partial charge is 0.381 e. The van der Waals surface area contributed by atoms with Gasteiger partial charge in [0.1, 0.15) is 0 Å². The van der Waals surface area contributed by atoms with Crippen LogP contribution in [0.1, 0.15) is 28.4 Å². The molecule has 4 nitrogen and oxygen atoms in total. The van der Waals surface area contributed by atoms with Crippen LogP contribution in [0.2, 0.25) is 0 Å². The summed E-state index contributed by atoms with van der Waals surface area (Å²) in [5, 5.41) is 1.15. The number of hydrogen-bond acceptors (Lipinski definition) is 5. The van der Waals surface area contributed by atoms with E-state index in [1.54, 1.807) is 18.4 Å². The van der Waals surface area contributed by atoms with Gasteiger partial charge in [0.05, 0.1) is 16.8 Å². The number of nitrogens with zero attached hydrogens (tertiary/aromatic N) is 2. The summed E-state index contributed by atoms with van der Waals surface area (Å²) in [6, 6.07) is 0.436. The van der Waals surface area contributed by atoms with Crippen molar-refractivity contribution in [3.8, 4) is 0 Å². The number of aromatic nitrogens is 1. The minimum Gasteiger partial charge on any atom is -0.381 e. The molecule has 2 heterocycles. The van der Waals surface area contributed by atoms with Crippen LogP contribution in [-0.2, 0) is 11.3 Å². The Bertz CT molecular complexity index is 394. The standard InChI is InChI=1S/C13H23N3OS/c1-9-13(18-10(2)15-9)8-16-5-4-12(17-3)6-11(16)7-14/h11-12H,4-8,14H2,1-3H3. The maximum absolute atomic E-state index is 5.90. The molecule has 5 heteroatoms. The fourth-order valence-electron chi connectivity index (χ4n) is 2.63. The van der Waals surface area contributed by atoms with E-state index in [9.17, 15) is 0 Å². The Hall–Kier alpha value is -0.490. The number of piperidine rings is 1. The van der Waals surface area contributed by atoms with Crippen LogP contribution < -0.4 is 5.73 Å². The molecular formula is C13H23N3OS. The van der Waals surface area contributed by atoms with Crippen molar-refractivity contribution in [2.45, 2.75) is 45.4 Å². The van der Waals surface area contributed by atoms with E-state index < -0.39 is 0 Å². The van der Waals surface area contributed by atoms with E-state index in [1.165, 1.54) is 10.6 Å². The number of thiazole rings is 1. The van der Waals surface area contributed by atoms with Crippen LogP contribution in [0.5, 0.6) is 0 Å². The molecule has 0 aliphatic carbocycles. The van der Waals surface area contributed by atoms with E-state index >= 15 is 0 Å². The predicted molar refractivity (Wildman–Crippen MR) is 74.9 cm³/mol. The van der Waals surface area contributed by atoms with E-state index in [2.05, 4.69) is 23.7 Å². The molecule has 18 heavy (non-hydrogen) atoms. The number of hydrogen-bond donors (Lipinski definition) is 1. The monoisotopic (exact) mass is 269 g/mol. The van der Waals surface area contributed by atoms with Gasteiger partial charge in [0.25, 0.3) is 0 Å². The topological polar surface area (TPSA) is 51.4 Å². The smallest absolute Gasteiger partial charge is 0.0900 e. The highest BCUT2D eigenvalue weighted by molar-refractivity contribution is 7.11. The van der Waals surface area contributed by atoms with Crippen LogP contribution in [-0.4, -0.2) is 42.2 Å². The van der Waals surface area contributed by atoms with Crippen molar-refractivity contribution < 1.29 is 4.74 Å². The summed E-state index contributed by atoms with van der Waals surface area (Å²) in [6.07, 6.45) is 2.52. The van der Waals surface area contributed by atoms with Crippen molar-refractivity contribution in [3.63, 3.8) is 0 Å². The second-order valence-corrected chi connectivity index (χ2v) is 6.27. The van der Waals surface area contributed by atoms with E-state index in [4.69, 9.17) is 10.5 Å². The molecule has 1 aliphatic heterocycles. The zero-order valence-electron chi connectivity index (χ0n) is 11.5. The summed E-state index contributed by atoms with van der Waals surface area (Å²) in [6.45, 7) is 6.92. The highest BCUT2D eigenvalue weighted by Gasteiger charge is 2.28. The Balaban J connectivity index is 2.02. The van der Waals surface area contributed by atoms with Gasteiger partial charge in [0.2, 0.25) is 0 Å². The molecule has 0 radical (unpaired) electrons. The van der Waals surface area contributed by atoms with Crippen molar-refractivity contribution in [2.24, 2.45) is 5.73 Å². The number of likely N-dealkylation sites (tertiary alicyclic amines) is 1. The van der Waals surface area contributed by atoms with Gasteiger partial charge < -0.3 is 10.5 Å². The van der Waals surface area contributed by atoms with Gasteiger partial charge in [-0.1, -0.05) is 0 Å². The second kappa shape index (κ2) is 6.10. The Kier molecular flexibility index (Phi) is 4.72. The number of ether oxygens (including phenoxy) is 1. The second-order valence-electron chi connectivity index (χ2n) is 4.98. The predicted octanol–water partition coefficient (Wildman–Crippen LogP) is 1.70. The summed E-state index contributed by atoms with van der Waals surface area (Å²) in [4.78, 5) is 8.35. The molecule has 2 rings (SSSR count). The highest BCUT2D eigenvalue weighted by atomic mass is 32.1. The minimum atomic E-state index is 0.374. The van der Waals surface area contributed by atoms with Gasteiger partial charge in [0, 0.05) is 37.7 Å². The lowest BCUT2D eigenvalue weighted by Crippen LogP contribution is -2.47. The van der Waals surface area contributed by atoms with Crippen molar-refractivity contribution in [1.82, 2.24) is 9.88 Å². The third kappa shape index (κ3) is 3.09. The average Bonchev–Trinajstić information content (AvgIpc) is 2.68. The first-order valence-corrected chi connectivity index (χ1v) is 7.35. The molecule has 0 saturated carbocycles.